The van der Waals surface area contributed by atoms with Crippen LogP contribution in [-0.2, 0) is 11.2 Å². The Kier molecular flexibility index (Phi) is 5.01. The molecule has 1 aromatic rings. The molecule has 20 heavy (non-hydrogen) atoms. The van der Waals surface area contributed by atoms with E-state index in [-0.39, 0.29) is 25.2 Å². The topological polar surface area (TPSA) is 49.8 Å². The van der Waals surface area contributed by atoms with Crippen LogP contribution in [0.2, 0.25) is 0 Å². The highest BCUT2D eigenvalue weighted by atomic mass is 16.5. The van der Waals surface area contributed by atoms with Crippen molar-refractivity contribution in [2.75, 3.05) is 19.8 Å². The van der Waals surface area contributed by atoms with Crippen molar-refractivity contribution in [2.45, 2.75) is 32.7 Å². The Balaban J connectivity index is 1.91. The molecule has 0 bridgehead atoms. The molecule has 4 nitrogen and oxygen atoms in total. The third kappa shape index (κ3) is 3.31. The summed E-state index contributed by atoms with van der Waals surface area (Å²) in [4.78, 5) is 13.9. The molecule has 1 aliphatic heterocycles. The Bertz CT molecular complexity index is 461. The number of aryl methyl sites for hydroxylation is 1. The van der Waals surface area contributed by atoms with Gasteiger partial charge in [-0.05, 0) is 36.5 Å². The van der Waals surface area contributed by atoms with E-state index in [4.69, 9.17) is 4.74 Å². The maximum absolute atomic E-state index is 12.2. The zero-order valence-electron chi connectivity index (χ0n) is 12.2. The summed E-state index contributed by atoms with van der Waals surface area (Å²) < 4.78 is 5.58. The molecule has 2 unspecified atom stereocenters. The van der Waals surface area contributed by atoms with Crippen molar-refractivity contribution in [1.82, 2.24) is 4.90 Å². The number of nitrogens with zero attached hydrogens (tertiary/aromatic N) is 1. The minimum Gasteiger partial charge on any atom is -0.484 e. The van der Waals surface area contributed by atoms with Gasteiger partial charge >= 0.3 is 0 Å². The normalized spacial score (nSPS) is 22.1. The SMILES string of the molecule is CCc1cccc(OCC(=O)N2CCC(C)C2CO)c1. The molecule has 1 aromatic carbocycles. The highest BCUT2D eigenvalue weighted by Gasteiger charge is 2.33. The van der Waals surface area contributed by atoms with Crippen LogP contribution in [0, 0.1) is 5.92 Å². The van der Waals surface area contributed by atoms with Crippen molar-refractivity contribution in [1.29, 1.82) is 0 Å². The Labute approximate surface area is 120 Å². The number of ether oxygens (including phenoxy) is 1. The standard InChI is InChI=1S/C16H23NO3/c1-3-13-5-4-6-14(9-13)20-11-16(19)17-8-7-12(2)15(17)10-18/h4-6,9,12,15,18H,3,7-8,10-11H2,1-2H3. The van der Waals surface area contributed by atoms with Gasteiger partial charge in [0.2, 0.25) is 0 Å². The third-order valence-electron chi connectivity index (χ3n) is 4.06. The molecule has 110 valence electrons. The van der Waals surface area contributed by atoms with Crippen LogP contribution in [-0.4, -0.2) is 41.7 Å². The molecule has 0 spiro atoms. The lowest BCUT2D eigenvalue weighted by molar-refractivity contribution is -0.135. The fraction of sp³-hybridized carbons (Fsp3) is 0.562. The van der Waals surface area contributed by atoms with E-state index in [1.54, 1.807) is 4.90 Å². The molecular weight excluding hydrogens is 254 g/mol. The first-order valence-corrected chi connectivity index (χ1v) is 7.27. The molecule has 4 heteroatoms. The maximum Gasteiger partial charge on any atom is 0.260 e. The maximum atomic E-state index is 12.2. The highest BCUT2D eigenvalue weighted by molar-refractivity contribution is 5.78. The predicted molar refractivity (Wildman–Crippen MR) is 77.7 cm³/mol. The van der Waals surface area contributed by atoms with Crippen LogP contribution in [0.5, 0.6) is 5.75 Å². The number of carbonyl (C=O) groups is 1. The first kappa shape index (κ1) is 14.9. The average molecular weight is 277 g/mol. The van der Waals surface area contributed by atoms with Crippen LogP contribution < -0.4 is 4.74 Å². The molecule has 1 heterocycles. The van der Waals surface area contributed by atoms with E-state index in [1.165, 1.54) is 5.56 Å². The summed E-state index contributed by atoms with van der Waals surface area (Å²) in [7, 11) is 0. The summed E-state index contributed by atoms with van der Waals surface area (Å²) in [5, 5.41) is 9.37. The fourth-order valence-electron chi connectivity index (χ4n) is 2.68. The van der Waals surface area contributed by atoms with E-state index in [2.05, 4.69) is 13.8 Å². The lowest BCUT2D eigenvalue weighted by atomic mass is 10.0. The van der Waals surface area contributed by atoms with Gasteiger partial charge in [-0.25, -0.2) is 0 Å². The predicted octanol–water partition coefficient (Wildman–Crippen LogP) is 1.86. The minimum absolute atomic E-state index is 0.0260. The summed E-state index contributed by atoms with van der Waals surface area (Å²) in [6.07, 6.45) is 1.89. The summed E-state index contributed by atoms with van der Waals surface area (Å²) in [6, 6.07) is 7.74. The van der Waals surface area contributed by atoms with Gasteiger partial charge in [-0.1, -0.05) is 26.0 Å². The molecule has 1 amide bonds. The number of hydrogen-bond donors (Lipinski definition) is 1. The second kappa shape index (κ2) is 6.75. The van der Waals surface area contributed by atoms with Gasteiger partial charge < -0.3 is 14.7 Å². The molecule has 1 aliphatic rings. The lowest BCUT2D eigenvalue weighted by Gasteiger charge is -2.25. The van der Waals surface area contributed by atoms with Gasteiger partial charge in [-0.15, -0.1) is 0 Å². The zero-order valence-corrected chi connectivity index (χ0v) is 12.2. The van der Waals surface area contributed by atoms with Crippen molar-refractivity contribution in [3.8, 4) is 5.75 Å². The largest absolute Gasteiger partial charge is 0.484 e. The number of aliphatic hydroxyl groups excluding tert-OH is 1. The first-order chi connectivity index (χ1) is 9.65. The van der Waals surface area contributed by atoms with E-state index < -0.39 is 0 Å². The number of rotatable bonds is 5. The molecule has 2 atom stereocenters. The van der Waals surface area contributed by atoms with Gasteiger partial charge in [0.25, 0.3) is 5.91 Å². The minimum atomic E-state index is -0.0620. The summed E-state index contributed by atoms with van der Waals surface area (Å²) in [5.74, 6) is 1.04. The average Bonchev–Trinajstić information content (AvgIpc) is 2.86. The van der Waals surface area contributed by atoms with Crippen molar-refractivity contribution in [3.63, 3.8) is 0 Å². The molecule has 1 N–H and O–H groups in total. The lowest BCUT2D eigenvalue weighted by Crippen LogP contribution is -2.42. The number of carbonyl (C=O) groups excluding carboxylic acids is 1. The molecule has 2 rings (SSSR count). The zero-order chi connectivity index (χ0) is 14.5. The van der Waals surface area contributed by atoms with Crippen LogP contribution in [0.1, 0.15) is 25.8 Å². The van der Waals surface area contributed by atoms with Gasteiger partial charge in [0.05, 0.1) is 12.6 Å². The molecule has 1 fully saturated rings. The van der Waals surface area contributed by atoms with Crippen LogP contribution >= 0.6 is 0 Å². The van der Waals surface area contributed by atoms with Crippen LogP contribution in [0.4, 0.5) is 0 Å². The number of benzene rings is 1. The van der Waals surface area contributed by atoms with E-state index in [0.29, 0.717) is 12.5 Å². The first-order valence-electron chi connectivity index (χ1n) is 7.27. The Hall–Kier alpha value is -1.55. The van der Waals surface area contributed by atoms with E-state index >= 15 is 0 Å². The number of hydrogen-bond acceptors (Lipinski definition) is 3. The Morgan fingerprint density at radius 3 is 3.00 bits per heavy atom. The van der Waals surface area contributed by atoms with Gasteiger partial charge in [-0.3, -0.25) is 4.79 Å². The molecule has 0 saturated carbocycles. The van der Waals surface area contributed by atoms with Crippen LogP contribution in [0.15, 0.2) is 24.3 Å². The molecule has 0 aromatic heterocycles. The third-order valence-corrected chi connectivity index (χ3v) is 4.06. The molecule has 0 aliphatic carbocycles. The Morgan fingerprint density at radius 2 is 2.30 bits per heavy atom. The second-order valence-electron chi connectivity index (χ2n) is 5.39. The molecule has 0 radical (unpaired) electrons. The van der Waals surface area contributed by atoms with Crippen molar-refractivity contribution in [2.24, 2.45) is 5.92 Å². The van der Waals surface area contributed by atoms with E-state index in [1.807, 2.05) is 24.3 Å². The summed E-state index contributed by atoms with van der Waals surface area (Å²) in [6.45, 7) is 4.93. The molecule has 1 saturated heterocycles. The number of likely N-dealkylation sites (tertiary alicyclic amines) is 1. The van der Waals surface area contributed by atoms with Crippen LogP contribution in [0.3, 0.4) is 0 Å². The number of amides is 1. The highest BCUT2D eigenvalue weighted by Crippen LogP contribution is 2.23. The summed E-state index contributed by atoms with van der Waals surface area (Å²) in [5.41, 5.74) is 1.19. The van der Waals surface area contributed by atoms with Crippen molar-refractivity contribution >= 4 is 5.91 Å². The van der Waals surface area contributed by atoms with E-state index in [9.17, 15) is 9.90 Å². The summed E-state index contributed by atoms with van der Waals surface area (Å²) >= 11 is 0. The van der Waals surface area contributed by atoms with Gasteiger partial charge in [0, 0.05) is 6.54 Å². The van der Waals surface area contributed by atoms with E-state index in [0.717, 1.165) is 18.6 Å². The monoisotopic (exact) mass is 277 g/mol. The smallest absolute Gasteiger partial charge is 0.260 e. The number of aliphatic hydroxyl groups is 1. The van der Waals surface area contributed by atoms with Crippen molar-refractivity contribution < 1.29 is 14.6 Å². The van der Waals surface area contributed by atoms with Gasteiger partial charge in [0.15, 0.2) is 6.61 Å². The van der Waals surface area contributed by atoms with Gasteiger partial charge in [-0.2, -0.15) is 0 Å². The Morgan fingerprint density at radius 1 is 1.50 bits per heavy atom. The van der Waals surface area contributed by atoms with Crippen molar-refractivity contribution in [3.05, 3.63) is 29.8 Å². The van der Waals surface area contributed by atoms with Gasteiger partial charge in [0.1, 0.15) is 5.75 Å². The fourth-order valence-corrected chi connectivity index (χ4v) is 2.68. The second-order valence-corrected chi connectivity index (χ2v) is 5.39. The molecular formula is C16H23NO3. The quantitative estimate of drug-likeness (QED) is 0.893. The van der Waals surface area contributed by atoms with Crippen LogP contribution in [0.25, 0.3) is 0 Å².